The molecule has 172 valence electrons. The molecule has 0 aliphatic heterocycles. The van der Waals surface area contributed by atoms with E-state index in [0.717, 1.165) is 0 Å². The van der Waals surface area contributed by atoms with Crippen molar-refractivity contribution in [3.63, 3.8) is 0 Å². The van der Waals surface area contributed by atoms with E-state index < -0.39 is 5.97 Å². The van der Waals surface area contributed by atoms with Crippen molar-refractivity contribution in [3.8, 4) is 23.3 Å². The summed E-state index contributed by atoms with van der Waals surface area (Å²) in [7, 11) is 1.55. The summed E-state index contributed by atoms with van der Waals surface area (Å²) in [5.41, 5.74) is 7.73. The van der Waals surface area contributed by atoms with Crippen molar-refractivity contribution in [2.45, 2.75) is 19.3 Å². The third-order valence-electron chi connectivity index (χ3n) is 4.82. The van der Waals surface area contributed by atoms with Gasteiger partial charge in [-0.25, -0.2) is 0 Å². The molecule has 0 bridgehead atoms. The van der Waals surface area contributed by atoms with Crippen molar-refractivity contribution in [1.82, 2.24) is 4.98 Å². The van der Waals surface area contributed by atoms with Crippen LogP contribution in [0, 0.1) is 11.3 Å². The second-order valence-electron chi connectivity index (χ2n) is 7.14. The number of carboxylic acid groups (broad SMARTS) is 1. The number of carboxylic acids is 1. The largest absolute Gasteiger partial charge is 0.493 e. The number of anilines is 2. The molecule has 9 heteroatoms. The Morgan fingerprint density at radius 3 is 2.64 bits per heavy atom. The number of hydrogen-bond acceptors (Lipinski definition) is 8. The van der Waals surface area contributed by atoms with Crippen molar-refractivity contribution >= 4 is 28.2 Å². The van der Waals surface area contributed by atoms with Crippen molar-refractivity contribution in [1.29, 1.82) is 5.26 Å². The molecule has 0 atom stereocenters. The lowest BCUT2D eigenvalue weighted by molar-refractivity contribution is -0.137. The quantitative estimate of drug-likeness (QED) is 0.351. The number of nitrogens with two attached hydrogens (primary N) is 1. The van der Waals surface area contributed by atoms with E-state index in [-0.39, 0.29) is 13.0 Å². The molecule has 0 spiro atoms. The van der Waals surface area contributed by atoms with E-state index in [9.17, 15) is 10.1 Å². The summed E-state index contributed by atoms with van der Waals surface area (Å²) in [4.78, 5) is 15.1. The third-order valence-corrected chi connectivity index (χ3v) is 4.82. The molecule has 33 heavy (non-hydrogen) atoms. The highest BCUT2D eigenvalue weighted by Crippen LogP contribution is 2.38. The summed E-state index contributed by atoms with van der Waals surface area (Å²) in [6.45, 7) is 1.19. The first kappa shape index (κ1) is 23.6. The second-order valence-corrected chi connectivity index (χ2v) is 7.14. The van der Waals surface area contributed by atoms with E-state index in [1.807, 2.05) is 18.2 Å². The molecule has 2 aromatic carbocycles. The Balaban J connectivity index is 1.98. The number of pyridine rings is 1. The first-order chi connectivity index (χ1) is 16.1. The van der Waals surface area contributed by atoms with Crippen LogP contribution in [0.2, 0.25) is 0 Å². The highest BCUT2D eigenvalue weighted by molar-refractivity contribution is 5.98. The fourth-order valence-corrected chi connectivity index (χ4v) is 3.19. The summed E-state index contributed by atoms with van der Waals surface area (Å²) in [6.07, 6.45) is 2.59. The van der Waals surface area contributed by atoms with Gasteiger partial charge in [-0.05, 0) is 37.6 Å². The topological polar surface area (TPSA) is 140 Å². The lowest BCUT2D eigenvalue weighted by atomic mass is 10.1. The highest BCUT2D eigenvalue weighted by atomic mass is 16.5. The van der Waals surface area contributed by atoms with Gasteiger partial charge in [-0.2, -0.15) is 5.26 Å². The predicted molar refractivity (Wildman–Crippen MR) is 124 cm³/mol. The zero-order valence-corrected chi connectivity index (χ0v) is 18.3. The normalized spacial score (nSPS) is 10.5. The van der Waals surface area contributed by atoms with E-state index >= 15 is 0 Å². The number of aliphatic carboxylic acids is 1. The van der Waals surface area contributed by atoms with E-state index in [1.165, 1.54) is 6.20 Å². The van der Waals surface area contributed by atoms with Gasteiger partial charge >= 0.3 is 5.97 Å². The predicted octanol–water partition coefficient (Wildman–Crippen LogP) is 3.83. The number of hydrogen-bond donors (Lipinski definition) is 3. The van der Waals surface area contributed by atoms with Crippen LogP contribution in [0.15, 0.2) is 42.6 Å². The average molecular weight is 450 g/mol. The maximum absolute atomic E-state index is 10.7. The molecular formula is C24H26N4O5. The number of fused-ring (bicyclic) bond motifs is 1. The molecule has 0 amide bonds. The minimum Gasteiger partial charge on any atom is -0.493 e. The van der Waals surface area contributed by atoms with Gasteiger partial charge in [-0.1, -0.05) is 12.1 Å². The van der Waals surface area contributed by atoms with E-state index in [4.69, 9.17) is 25.1 Å². The van der Waals surface area contributed by atoms with Crippen LogP contribution in [-0.2, 0) is 4.79 Å². The van der Waals surface area contributed by atoms with Crippen molar-refractivity contribution in [2.75, 3.05) is 32.2 Å². The van der Waals surface area contributed by atoms with Gasteiger partial charge in [0.1, 0.15) is 11.8 Å². The fraction of sp³-hybridized carbons (Fsp3) is 0.292. The number of carbonyl (C=O) groups is 1. The first-order valence-corrected chi connectivity index (χ1v) is 10.5. The number of nitriles is 1. The summed E-state index contributed by atoms with van der Waals surface area (Å²) < 4.78 is 17.1. The summed E-state index contributed by atoms with van der Waals surface area (Å²) in [5.74, 6) is 0.734. The molecule has 3 aromatic rings. The molecule has 0 aliphatic rings. The number of nitrogens with zero attached hydrogens (tertiary/aromatic N) is 2. The van der Waals surface area contributed by atoms with E-state index in [1.54, 1.807) is 25.3 Å². The number of methoxy groups -OCH3 is 1. The van der Waals surface area contributed by atoms with Crippen LogP contribution in [0.25, 0.3) is 10.9 Å². The van der Waals surface area contributed by atoms with E-state index in [2.05, 4.69) is 16.4 Å². The standard InChI is InChI=1S/C24H26N4O5/c1-31-21-13-19-17(12-22(21)33-11-5-9-25)24(16(14-26)15-27-19)28-18-6-2-3-7-20(18)32-10-4-8-23(29)30/h2-3,6-7,12-13,15H,4-5,8-11,25H2,1H3,(H,27,28)(H,29,30). The number of para-hydroxylation sites is 2. The van der Waals surface area contributed by atoms with Gasteiger partial charge in [-0.15, -0.1) is 0 Å². The minimum atomic E-state index is -0.869. The molecule has 1 aromatic heterocycles. The van der Waals surface area contributed by atoms with Crippen LogP contribution >= 0.6 is 0 Å². The molecule has 1 heterocycles. The molecule has 0 unspecified atom stereocenters. The molecule has 3 rings (SSSR count). The van der Waals surface area contributed by atoms with Crippen LogP contribution < -0.4 is 25.3 Å². The number of benzene rings is 2. The Morgan fingerprint density at radius 1 is 1.15 bits per heavy atom. The highest BCUT2D eigenvalue weighted by Gasteiger charge is 2.16. The number of aromatic nitrogens is 1. The number of ether oxygens (including phenoxy) is 3. The molecule has 0 aliphatic carbocycles. The minimum absolute atomic E-state index is 0.0257. The summed E-state index contributed by atoms with van der Waals surface area (Å²) in [6, 6.07) is 13.0. The Kier molecular flexibility index (Phi) is 8.27. The summed E-state index contributed by atoms with van der Waals surface area (Å²) in [5, 5.41) is 22.5. The van der Waals surface area contributed by atoms with Gasteiger partial charge in [0.05, 0.1) is 42.8 Å². The first-order valence-electron chi connectivity index (χ1n) is 10.5. The van der Waals surface area contributed by atoms with E-state index in [0.29, 0.717) is 71.1 Å². The molecule has 0 saturated carbocycles. The van der Waals surface area contributed by atoms with Crippen LogP contribution in [0.1, 0.15) is 24.8 Å². The Hall–Kier alpha value is -4.03. The molecule has 0 radical (unpaired) electrons. The van der Waals surface area contributed by atoms with Crippen LogP contribution in [0.4, 0.5) is 11.4 Å². The Morgan fingerprint density at radius 2 is 1.91 bits per heavy atom. The van der Waals surface area contributed by atoms with Gasteiger partial charge < -0.3 is 30.4 Å². The van der Waals surface area contributed by atoms with Gasteiger partial charge in [0, 0.05) is 24.1 Å². The maximum atomic E-state index is 10.7. The van der Waals surface area contributed by atoms with Gasteiger partial charge in [0.25, 0.3) is 0 Å². The van der Waals surface area contributed by atoms with Crippen molar-refractivity contribution in [2.24, 2.45) is 5.73 Å². The van der Waals surface area contributed by atoms with Gasteiger partial charge in [0.2, 0.25) is 0 Å². The monoisotopic (exact) mass is 450 g/mol. The van der Waals surface area contributed by atoms with Crippen LogP contribution in [-0.4, -0.2) is 42.9 Å². The van der Waals surface area contributed by atoms with Gasteiger partial charge in [0.15, 0.2) is 11.5 Å². The lowest BCUT2D eigenvalue weighted by Gasteiger charge is -2.17. The summed E-state index contributed by atoms with van der Waals surface area (Å²) >= 11 is 0. The smallest absolute Gasteiger partial charge is 0.303 e. The fourth-order valence-electron chi connectivity index (χ4n) is 3.19. The van der Waals surface area contributed by atoms with Crippen LogP contribution in [0.5, 0.6) is 17.2 Å². The van der Waals surface area contributed by atoms with Crippen molar-refractivity contribution in [3.05, 3.63) is 48.2 Å². The molecule has 0 saturated heterocycles. The molecule has 4 N–H and O–H groups in total. The lowest BCUT2D eigenvalue weighted by Crippen LogP contribution is -2.07. The number of nitrogens with one attached hydrogen (secondary N) is 1. The average Bonchev–Trinajstić information content (AvgIpc) is 2.82. The zero-order chi connectivity index (χ0) is 23.6. The van der Waals surface area contributed by atoms with Crippen molar-refractivity contribution < 1.29 is 24.1 Å². The van der Waals surface area contributed by atoms with Gasteiger partial charge in [-0.3, -0.25) is 9.78 Å². The molecular weight excluding hydrogens is 424 g/mol. The Bertz CT molecular complexity index is 1160. The molecule has 0 fully saturated rings. The second kappa shape index (κ2) is 11.5. The zero-order valence-electron chi connectivity index (χ0n) is 18.3. The Labute approximate surface area is 191 Å². The maximum Gasteiger partial charge on any atom is 0.303 e. The number of rotatable bonds is 12. The molecule has 9 nitrogen and oxygen atoms in total. The van der Waals surface area contributed by atoms with Crippen LogP contribution in [0.3, 0.4) is 0 Å². The SMILES string of the molecule is COc1cc2ncc(C#N)c(Nc3ccccc3OCCCC(=O)O)c2cc1OCCCN. The third kappa shape index (κ3) is 6.02.